The van der Waals surface area contributed by atoms with Gasteiger partial charge < -0.3 is 19.0 Å². The first kappa shape index (κ1) is 22.2. The number of rotatable bonds is 9. The number of carbonyl (C=O) groups is 1. The summed E-state index contributed by atoms with van der Waals surface area (Å²) in [5, 5.41) is 4.28. The molecule has 1 aliphatic carbocycles. The molecule has 3 aromatic rings. The normalized spacial score (nSPS) is 17.5. The van der Waals surface area contributed by atoms with Gasteiger partial charge in [-0.2, -0.15) is 4.98 Å². The summed E-state index contributed by atoms with van der Waals surface area (Å²) < 4.78 is 11.4. The molecule has 0 saturated heterocycles. The van der Waals surface area contributed by atoms with E-state index in [4.69, 9.17) is 9.26 Å². The molecule has 0 N–H and O–H groups in total. The van der Waals surface area contributed by atoms with Crippen molar-refractivity contribution in [3.8, 4) is 28.6 Å². The molecule has 2 atom stereocenters. The summed E-state index contributed by atoms with van der Waals surface area (Å²) in [6.07, 6.45) is 2.52. The zero-order valence-corrected chi connectivity index (χ0v) is 19.3. The first-order valence-corrected chi connectivity index (χ1v) is 11.3. The lowest BCUT2D eigenvalue weighted by molar-refractivity contribution is -0.118. The number of benzene rings is 2. The first-order chi connectivity index (χ1) is 15.5. The van der Waals surface area contributed by atoms with Gasteiger partial charge in [0.2, 0.25) is 5.82 Å². The summed E-state index contributed by atoms with van der Waals surface area (Å²) in [4.78, 5) is 18.6. The van der Waals surface area contributed by atoms with Crippen LogP contribution in [0.5, 0.6) is 5.75 Å². The van der Waals surface area contributed by atoms with Gasteiger partial charge in [0.05, 0.1) is 0 Å². The minimum absolute atomic E-state index is 0.249. The van der Waals surface area contributed by atoms with Crippen molar-refractivity contribution in [2.75, 3.05) is 27.2 Å². The number of ketones is 1. The molecule has 1 aliphatic rings. The third-order valence-electron chi connectivity index (χ3n) is 6.21. The highest BCUT2D eigenvalue weighted by Crippen LogP contribution is 2.45. The Kier molecular flexibility index (Phi) is 6.70. The van der Waals surface area contributed by atoms with Crippen molar-refractivity contribution in [3.05, 3.63) is 53.6 Å². The lowest BCUT2D eigenvalue weighted by atomic mass is 9.87. The van der Waals surface area contributed by atoms with Gasteiger partial charge in [0.15, 0.2) is 0 Å². The molecule has 0 saturated carbocycles. The lowest BCUT2D eigenvalue weighted by Gasteiger charge is -2.17. The van der Waals surface area contributed by atoms with Crippen molar-refractivity contribution < 1.29 is 14.1 Å². The highest BCUT2D eigenvalue weighted by Gasteiger charge is 2.34. The molecule has 0 spiro atoms. The molecular formula is C26H31N3O3. The quantitative estimate of drug-likeness (QED) is 0.474. The van der Waals surface area contributed by atoms with Crippen molar-refractivity contribution in [1.29, 1.82) is 0 Å². The molecule has 32 heavy (non-hydrogen) atoms. The number of carbonyl (C=O) groups excluding carboxylic acids is 1. The van der Waals surface area contributed by atoms with Crippen LogP contribution in [0.4, 0.5) is 0 Å². The van der Waals surface area contributed by atoms with Crippen molar-refractivity contribution in [2.24, 2.45) is 5.92 Å². The molecule has 0 fully saturated rings. The molecule has 2 aromatic carbocycles. The third kappa shape index (κ3) is 4.75. The van der Waals surface area contributed by atoms with Gasteiger partial charge in [0.1, 0.15) is 18.1 Å². The van der Waals surface area contributed by atoms with Gasteiger partial charge in [0.25, 0.3) is 5.89 Å². The first-order valence-electron chi connectivity index (χ1n) is 11.3. The van der Waals surface area contributed by atoms with Crippen molar-refractivity contribution in [3.63, 3.8) is 0 Å². The van der Waals surface area contributed by atoms with E-state index in [0.29, 0.717) is 36.6 Å². The Hall–Kier alpha value is -2.99. The fraction of sp³-hybridized carbons (Fsp3) is 0.423. The summed E-state index contributed by atoms with van der Waals surface area (Å²) in [7, 11) is 4.04. The van der Waals surface area contributed by atoms with E-state index in [9.17, 15) is 4.79 Å². The zero-order chi connectivity index (χ0) is 22.7. The van der Waals surface area contributed by atoms with Crippen LogP contribution in [0.3, 0.4) is 0 Å². The molecule has 0 aliphatic heterocycles. The number of fused-ring (bicyclic) bond motifs is 1. The highest BCUT2D eigenvalue weighted by atomic mass is 16.5. The summed E-state index contributed by atoms with van der Waals surface area (Å²) in [6.45, 7) is 5.38. The number of hydrogen-bond donors (Lipinski definition) is 0. The monoisotopic (exact) mass is 433 g/mol. The molecule has 0 bridgehead atoms. The van der Waals surface area contributed by atoms with E-state index in [1.54, 1.807) is 6.92 Å². The average Bonchev–Trinajstić information content (AvgIpc) is 3.38. The maximum atomic E-state index is 11.8. The molecule has 6 heteroatoms. The van der Waals surface area contributed by atoms with E-state index >= 15 is 0 Å². The summed E-state index contributed by atoms with van der Waals surface area (Å²) >= 11 is 0. The molecule has 168 valence electrons. The largest absolute Gasteiger partial charge is 0.492 e. The second-order valence-electron chi connectivity index (χ2n) is 8.86. The van der Waals surface area contributed by atoms with Crippen LogP contribution in [0.2, 0.25) is 0 Å². The number of Topliss-reactive ketones (excluding diaryl/α,β-unsaturated/α-hetero) is 1. The van der Waals surface area contributed by atoms with E-state index in [-0.39, 0.29) is 5.78 Å². The maximum Gasteiger partial charge on any atom is 0.258 e. The Morgan fingerprint density at radius 2 is 1.97 bits per heavy atom. The van der Waals surface area contributed by atoms with Gasteiger partial charge in [-0.3, -0.25) is 0 Å². The van der Waals surface area contributed by atoms with Crippen LogP contribution < -0.4 is 4.74 Å². The predicted octanol–water partition coefficient (Wildman–Crippen LogP) is 4.99. The van der Waals surface area contributed by atoms with Gasteiger partial charge in [0, 0.05) is 24.1 Å². The third-order valence-corrected chi connectivity index (χ3v) is 6.21. The maximum absolute atomic E-state index is 11.8. The molecule has 0 radical (unpaired) electrons. The topological polar surface area (TPSA) is 68.5 Å². The van der Waals surface area contributed by atoms with E-state index in [0.717, 1.165) is 36.3 Å². The predicted molar refractivity (Wildman–Crippen MR) is 125 cm³/mol. The van der Waals surface area contributed by atoms with E-state index in [1.807, 2.05) is 38.4 Å². The van der Waals surface area contributed by atoms with E-state index < -0.39 is 0 Å². The minimum Gasteiger partial charge on any atom is -0.492 e. The molecule has 6 nitrogen and oxygen atoms in total. The fourth-order valence-corrected chi connectivity index (χ4v) is 4.67. The molecule has 4 rings (SSSR count). The molecule has 1 aromatic heterocycles. The number of nitrogens with zero attached hydrogens (tertiary/aromatic N) is 3. The standard InChI is InChI=1S/C26H31N3O3/c1-5-21-19(15-17(2)30)16-24-22(21)7-6-8-23(24)25-27-26(32-28-25)18-9-11-20(12-10-18)31-14-13-29(3)4/h6-12,19,21H,5,13-16H2,1-4H3/t19-,21-/m1/s1. The van der Waals surface area contributed by atoms with Crippen LogP contribution in [-0.2, 0) is 11.2 Å². The Bertz CT molecular complexity index is 1070. The summed E-state index contributed by atoms with van der Waals surface area (Å²) in [5.41, 5.74) is 4.44. The van der Waals surface area contributed by atoms with Crippen LogP contribution in [0, 0.1) is 5.92 Å². The van der Waals surface area contributed by atoms with Gasteiger partial charge >= 0.3 is 0 Å². The van der Waals surface area contributed by atoms with Crippen LogP contribution >= 0.6 is 0 Å². The van der Waals surface area contributed by atoms with Crippen molar-refractivity contribution in [2.45, 2.75) is 39.0 Å². The Morgan fingerprint density at radius 1 is 1.19 bits per heavy atom. The van der Waals surface area contributed by atoms with Gasteiger partial charge in [-0.15, -0.1) is 0 Å². The molecular weight excluding hydrogens is 402 g/mol. The summed E-state index contributed by atoms with van der Waals surface area (Å²) in [6, 6.07) is 14.0. The fourth-order valence-electron chi connectivity index (χ4n) is 4.67. The highest BCUT2D eigenvalue weighted by molar-refractivity contribution is 5.76. The number of hydrogen-bond acceptors (Lipinski definition) is 6. The Morgan fingerprint density at radius 3 is 2.66 bits per heavy atom. The van der Waals surface area contributed by atoms with Gasteiger partial charge in [-0.25, -0.2) is 0 Å². The lowest BCUT2D eigenvalue weighted by Crippen LogP contribution is -2.19. The number of ether oxygens (including phenoxy) is 1. The van der Waals surface area contributed by atoms with E-state index in [2.05, 4.69) is 40.2 Å². The van der Waals surface area contributed by atoms with Crippen LogP contribution in [0.25, 0.3) is 22.8 Å². The van der Waals surface area contributed by atoms with Crippen molar-refractivity contribution >= 4 is 5.78 Å². The Labute approximate surface area is 189 Å². The molecule has 1 heterocycles. The Balaban J connectivity index is 1.54. The van der Waals surface area contributed by atoms with E-state index in [1.165, 1.54) is 11.1 Å². The van der Waals surface area contributed by atoms with Crippen LogP contribution in [-0.4, -0.2) is 48.1 Å². The molecule has 0 unspecified atom stereocenters. The summed E-state index contributed by atoms with van der Waals surface area (Å²) in [5.74, 6) is 2.90. The van der Waals surface area contributed by atoms with Crippen LogP contribution in [0.1, 0.15) is 43.7 Å². The second-order valence-corrected chi connectivity index (χ2v) is 8.86. The van der Waals surface area contributed by atoms with Crippen LogP contribution in [0.15, 0.2) is 47.0 Å². The molecule has 0 amide bonds. The van der Waals surface area contributed by atoms with Crippen molar-refractivity contribution in [1.82, 2.24) is 15.0 Å². The average molecular weight is 434 g/mol. The smallest absolute Gasteiger partial charge is 0.258 e. The number of likely N-dealkylation sites (N-methyl/N-ethyl adjacent to an activating group) is 1. The number of aromatic nitrogens is 2. The second kappa shape index (κ2) is 9.65. The SMILES string of the molecule is CC[C@H]1c2cccc(-c3noc(-c4ccc(OCCN(C)C)cc4)n3)c2C[C@H]1CC(C)=O. The van der Waals surface area contributed by atoms with Gasteiger partial charge in [-0.1, -0.05) is 30.3 Å². The zero-order valence-electron chi connectivity index (χ0n) is 19.3. The minimum atomic E-state index is 0.249. The van der Waals surface area contributed by atoms with Gasteiger partial charge in [-0.05, 0) is 81.1 Å².